The van der Waals surface area contributed by atoms with Crippen LogP contribution in [0.25, 0.3) is 0 Å². The van der Waals surface area contributed by atoms with E-state index in [1.807, 2.05) is 11.8 Å². The van der Waals surface area contributed by atoms with Crippen LogP contribution >= 0.6 is 11.8 Å². The summed E-state index contributed by atoms with van der Waals surface area (Å²) in [6, 6.07) is 12.1. The van der Waals surface area contributed by atoms with E-state index in [1.54, 1.807) is 0 Å². The molecule has 0 radical (unpaired) electrons. The lowest BCUT2D eigenvalue weighted by Gasteiger charge is -2.20. The van der Waals surface area contributed by atoms with Gasteiger partial charge in [-0.25, -0.2) is 0 Å². The number of rotatable bonds is 6. The molecule has 0 unspecified atom stereocenters. The quantitative estimate of drug-likeness (QED) is 0.850. The largest absolute Gasteiger partial charge is 0.309 e. The molecule has 3 heteroatoms. The fourth-order valence-corrected chi connectivity index (χ4v) is 3.25. The summed E-state index contributed by atoms with van der Waals surface area (Å²) in [5.41, 5.74) is 1.43. The first-order valence-corrected chi connectivity index (χ1v) is 8.18. The number of benzene rings is 1. The second kappa shape index (κ2) is 7.17. The summed E-state index contributed by atoms with van der Waals surface area (Å²) < 4.78 is 0. The Morgan fingerprint density at radius 2 is 2.17 bits per heavy atom. The first-order valence-electron chi connectivity index (χ1n) is 6.79. The minimum Gasteiger partial charge on any atom is -0.309 e. The minimum atomic E-state index is 0.627. The van der Waals surface area contributed by atoms with Gasteiger partial charge in [0.25, 0.3) is 0 Å². The maximum Gasteiger partial charge on any atom is 0.0234 e. The van der Waals surface area contributed by atoms with Crippen LogP contribution in [0.15, 0.2) is 30.3 Å². The zero-order valence-corrected chi connectivity index (χ0v) is 12.2. The molecule has 0 aromatic heterocycles. The Morgan fingerprint density at radius 1 is 1.39 bits per heavy atom. The zero-order chi connectivity index (χ0) is 12.8. The van der Waals surface area contributed by atoms with E-state index in [9.17, 15) is 0 Å². The van der Waals surface area contributed by atoms with Gasteiger partial charge >= 0.3 is 0 Å². The van der Waals surface area contributed by atoms with Crippen molar-refractivity contribution < 1.29 is 0 Å². The van der Waals surface area contributed by atoms with Crippen LogP contribution in [-0.4, -0.2) is 42.1 Å². The molecular formula is C15H24N2S. The van der Waals surface area contributed by atoms with Gasteiger partial charge in [-0.3, -0.25) is 4.90 Å². The highest BCUT2D eigenvalue weighted by molar-refractivity contribution is 7.98. The van der Waals surface area contributed by atoms with Crippen LogP contribution < -0.4 is 5.32 Å². The van der Waals surface area contributed by atoms with E-state index < -0.39 is 0 Å². The van der Waals surface area contributed by atoms with Crippen LogP contribution in [0.3, 0.4) is 0 Å². The first kappa shape index (κ1) is 13.9. The van der Waals surface area contributed by atoms with Crippen molar-refractivity contribution in [2.45, 2.75) is 32.0 Å². The zero-order valence-electron chi connectivity index (χ0n) is 11.4. The van der Waals surface area contributed by atoms with Crippen LogP contribution in [0.1, 0.15) is 18.9 Å². The molecule has 0 bridgehead atoms. The third-order valence-electron chi connectivity index (χ3n) is 3.46. The first-order chi connectivity index (χ1) is 8.78. The van der Waals surface area contributed by atoms with Crippen molar-refractivity contribution >= 4 is 11.8 Å². The molecule has 100 valence electrons. The average Bonchev–Trinajstić information content (AvgIpc) is 2.78. The lowest BCUT2D eigenvalue weighted by atomic mass is 10.2. The minimum absolute atomic E-state index is 0.627. The predicted octanol–water partition coefficient (Wildman–Crippen LogP) is 2.60. The van der Waals surface area contributed by atoms with Crippen molar-refractivity contribution in [1.29, 1.82) is 0 Å². The van der Waals surface area contributed by atoms with Gasteiger partial charge in [0.2, 0.25) is 0 Å². The highest BCUT2D eigenvalue weighted by Crippen LogP contribution is 2.14. The molecule has 1 N–H and O–H groups in total. The summed E-state index contributed by atoms with van der Waals surface area (Å²) in [4.78, 5) is 2.55. The Labute approximate surface area is 115 Å². The van der Waals surface area contributed by atoms with E-state index in [1.165, 1.54) is 30.8 Å². The standard InChI is InChI=1S/C15H24N2S/c1-13(12-18-2)16-15-8-9-17(11-15)10-14-6-4-3-5-7-14/h3-7,13,15-16H,8-12H2,1-2H3/t13-,15+/m1/s1. The van der Waals surface area contributed by atoms with Gasteiger partial charge in [-0.2, -0.15) is 11.8 Å². The van der Waals surface area contributed by atoms with Crippen molar-refractivity contribution in [3.8, 4) is 0 Å². The van der Waals surface area contributed by atoms with Gasteiger partial charge in [0.05, 0.1) is 0 Å². The summed E-state index contributed by atoms with van der Waals surface area (Å²) in [7, 11) is 0. The molecule has 2 atom stereocenters. The third kappa shape index (κ3) is 4.30. The number of hydrogen-bond donors (Lipinski definition) is 1. The number of hydrogen-bond acceptors (Lipinski definition) is 3. The van der Waals surface area contributed by atoms with Crippen LogP contribution in [0.2, 0.25) is 0 Å². The molecule has 1 aliphatic heterocycles. The summed E-state index contributed by atoms with van der Waals surface area (Å²) in [5.74, 6) is 1.20. The summed E-state index contributed by atoms with van der Waals surface area (Å²) >= 11 is 1.92. The van der Waals surface area contributed by atoms with E-state index >= 15 is 0 Å². The van der Waals surface area contributed by atoms with Gasteiger partial charge in [0.1, 0.15) is 0 Å². The van der Waals surface area contributed by atoms with Crippen molar-refractivity contribution in [3.05, 3.63) is 35.9 Å². The molecule has 1 aromatic carbocycles. The number of nitrogens with one attached hydrogen (secondary N) is 1. The molecule has 2 nitrogen and oxygen atoms in total. The molecule has 0 saturated carbocycles. The second-order valence-corrected chi connectivity index (χ2v) is 6.14. The Balaban J connectivity index is 1.75. The molecule has 1 saturated heterocycles. The van der Waals surface area contributed by atoms with E-state index in [4.69, 9.17) is 0 Å². The van der Waals surface area contributed by atoms with Gasteiger partial charge in [-0.05, 0) is 25.2 Å². The molecule has 0 aliphatic carbocycles. The second-order valence-electron chi connectivity index (χ2n) is 5.23. The Hall–Kier alpha value is -0.510. The maximum absolute atomic E-state index is 3.73. The Morgan fingerprint density at radius 3 is 2.89 bits per heavy atom. The number of nitrogens with zero attached hydrogens (tertiary/aromatic N) is 1. The van der Waals surface area contributed by atoms with Crippen molar-refractivity contribution in [2.75, 3.05) is 25.1 Å². The molecular weight excluding hydrogens is 240 g/mol. The molecule has 2 rings (SSSR count). The molecule has 18 heavy (non-hydrogen) atoms. The smallest absolute Gasteiger partial charge is 0.0234 e. The SMILES string of the molecule is CSC[C@@H](C)N[C@H]1CCN(Cc2ccccc2)C1. The predicted molar refractivity (Wildman–Crippen MR) is 81.1 cm³/mol. The molecule has 0 amide bonds. The lowest BCUT2D eigenvalue weighted by molar-refractivity contribution is 0.317. The summed E-state index contributed by atoms with van der Waals surface area (Å²) in [6.45, 7) is 5.79. The van der Waals surface area contributed by atoms with Gasteiger partial charge in [0.15, 0.2) is 0 Å². The van der Waals surface area contributed by atoms with E-state index in [-0.39, 0.29) is 0 Å². The van der Waals surface area contributed by atoms with Crippen LogP contribution in [0, 0.1) is 0 Å². The third-order valence-corrected chi connectivity index (χ3v) is 4.29. The molecule has 1 aromatic rings. The monoisotopic (exact) mass is 264 g/mol. The van der Waals surface area contributed by atoms with Crippen LogP contribution in [0.5, 0.6) is 0 Å². The highest BCUT2D eigenvalue weighted by atomic mass is 32.2. The number of likely N-dealkylation sites (tertiary alicyclic amines) is 1. The lowest BCUT2D eigenvalue weighted by Crippen LogP contribution is -2.39. The van der Waals surface area contributed by atoms with Crippen LogP contribution in [-0.2, 0) is 6.54 Å². The van der Waals surface area contributed by atoms with E-state index in [0.29, 0.717) is 12.1 Å². The maximum atomic E-state index is 3.73. The number of thioether (sulfide) groups is 1. The Bertz CT molecular complexity index is 342. The van der Waals surface area contributed by atoms with E-state index in [2.05, 4.69) is 53.7 Å². The summed E-state index contributed by atoms with van der Waals surface area (Å²) in [5, 5.41) is 3.73. The van der Waals surface area contributed by atoms with Gasteiger partial charge in [0, 0.05) is 37.5 Å². The van der Waals surface area contributed by atoms with Crippen molar-refractivity contribution in [3.63, 3.8) is 0 Å². The van der Waals surface area contributed by atoms with Gasteiger partial charge in [-0.1, -0.05) is 30.3 Å². The highest BCUT2D eigenvalue weighted by Gasteiger charge is 2.23. The fourth-order valence-electron chi connectivity index (χ4n) is 2.65. The topological polar surface area (TPSA) is 15.3 Å². The molecule has 0 spiro atoms. The normalized spacial score (nSPS) is 22.2. The average molecular weight is 264 g/mol. The fraction of sp³-hybridized carbons (Fsp3) is 0.600. The van der Waals surface area contributed by atoms with Crippen LogP contribution in [0.4, 0.5) is 0 Å². The van der Waals surface area contributed by atoms with E-state index in [0.717, 1.165) is 6.54 Å². The molecule has 1 fully saturated rings. The van der Waals surface area contributed by atoms with Crippen molar-refractivity contribution in [1.82, 2.24) is 10.2 Å². The van der Waals surface area contributed by atoms with Gasteiger partial charge < -0.3 is 5.32 Å². The molecule has 1 aliphatic rings. The Kier molecular flexibility index (Phi) is 5.54. The van der Waals surface area contributed by atoms with Crippen molar-refractivity contribution in [2.24, 2.45) is 0 Å². The molecule has 1 heterocycles. The van der Waals surface area contributed by atoms with Gasteiger partial charge in [-0.15, -0.1) is 0 Å². The summed E-state index contributed by atoms with van der Waals surface area (Å²) in [6.07, 6.45) is 3.46.